The SMILES string of the molecule is S=c1nccc(-c2ccc(-c3ccco3)cc2)[nH]1. The maximum absolute atomic E-state index is 5.35. The van der Waals surface area contributed by atoms with E-state index in [1.165, 1.54) is 0 Å². The highest BCUT2D eigenvalue weighted by Gasteiger charge is 2.02. The Labute approximate surface area is 109 Å². The van der Waals surface area contributed by atoms with E-state index in [1.807, 2.05) is 42.5 Å². The van der Waals surface area contributed by atoms with Gasteiger partial charge in [0.05, 0.1) is 6.26 Å². The van der Waals surface area contributed by atoms with Crippen LogP contribution >= 0.6 is 12.2 Å². The molecule has 0 aliphatic rings. The molecule has 2 aromatic heterocycles. The molecule has 18 heavy (non-hydrogen) atoms. The number of nitrogens with zero attached hydrogens (tertiary/aromatic N) is 1. The maximum atomic E-state index is 5.35. The smallest absolute Gasteiger partial charge is 0.197 e. The Morgan fingerprint density at radius 2 is 1.78 bits per heavy atom. The fraction of sp³-hybridized carbons (Fsp3) is 0. The van der Waals surface area contributed by atoms with Crippen LogP contribution in [-0.2, 0) is 0 Å². The first-order valence-electron chi connectivity index (χ1n) is 5.52. The van der Waals surface area contributed by atoms with E-state index in [1.54, 1.807) is 12.5 Å². The van der Waals surface area contributed by atoms with Gasteiger partial charge in [-0.15, -0.1) is 0 Å². The number of hydrogen-bond acceptors (Lipinski definition) is 3. The number of hydrogen-bond donors (Lipinski definition) is 1. The average Bonchev–Trinajstić information content (AvgIpc) is 2.93. The summed E-state index contributed by atoms with van der Waals surface area (Å²) in [5, 5.41) is 0. The molecule has 0 amide bonds. The van der Waals surface area contributed by atoms with E-state index >= 15 is 0 Å². The van der Waals surface area contributed by atoms with Crippen LogP contribution in [0.25, 0.3) is 22.6 Å². The van der Waals surface area contributed by atoms with Gasteiger partial charge in [0, 0.05) is 17.5 Å². The third-order valence-electron chi connectivity index (χ3n) is 2.68. The molecule has 0 spiro atoms. The fourth-order valence-corrected chi connectivity index (χ4v) is 1.96. The van der Waals surface area contributed by atoms with Crippen molar-refractivity contribution in [2.24, 2.45) is 0 Å². The van der Waals surface area contributed by atoms with E-state index in [9.17, 15) is 0 Å². The highest BCUT2D eigenvalue weighted by Crippen LogP contribution is 2.23. The molecule has 2 heterocycles. The molecule has 0 saturated carbocycles. The summed E-state index contributed by atoms with van der Waals surface area (Å²) < 4.78 is 5.84. The lowest BCUT2D eigenvalue weighted by molar-refractivity contribution is 0.582. The van der Waals surface area contributed by atoms with Gasteiger partial charge in [-0.25, -0.2) is 4.98 Å². The van der Waals surface area contributed by atoms with Gasteiger partial charge in [0.2, 0.25) is 0 Å². The zero-order valence-corrected chi connectivity index (χ0v) is 10.3. The van der Waals surface area contributed by atoms with Gasteiger partial charge in [0.15, 0.2) is 4.77 Å². The van der Waals surface area contributed by atoms with Crippen LogP contribution in [0.15, 0.2) is 59.3 Å². The second kappa shape index (κ2) is 4.58. The average molecular weight is 254 g/mol. The van der Waals surface area contributed by atoms with Gasteiger partial charge in [0.1, 0.15) is 5.76 Å². The molecule has 3 aromatic rings. The van der Waals surface area contributed by atoms with E-state index in [0.29, 0.717) is 4.77 Å². The number of rotatable bonds is 2. The number of aromatic nitrogens is 2. The number of nitrogens with one attached hydrogen (secondary N) is 1. The fourth-order valence-electron chi connectivity index (χ4n) is 1.79. The third-order valence-corrected chi connectivity index (χ3v) is 2.88. The van der Waals surface area contributed by atoms with Crippen molar-refractivity contribution in [2.75, 3.05) is 0 Å². The lowest BCUT2D eigenvalue weighted by Crippen LogP contribution is -1.86. The van der Waals surface area contributed by atoms with E-state index in [2.05, 4.69) is 9.97 Å². The Morgan fingerprint density at radius 3 is 2.44 bits per heavy atom. The summed E-state index contributed by atoms with van der Waals surface area (Å²) in [5.74, 6) is 0.865. The molecule has 0 radical (unpaired) electrons. The molecular weight excluding hydrogens is 244 g/mol. The number of aromatic amines is 1. The van der Waals surface area contributed by atoms with Gasteiger partial charge in [0.25, 0.3) is 0 Å². The molecule has 0 unspecified atom stereocenters. The van der Waals surface area contributed by atoms with Crippen molar-refractivity contribution in [1.29, 1.82) is 0 Å². The van der Waals surface area contributed by atoms with Crippen LogP contribution < -0.4 is 0 Å². The van der Waals surface area contributed by atoms with Gasteiger partial charge in [-0.3, -0.25) is 0 Å². The topological polar surface area (TPSA) is 41.8 Å². The lowest BCUT2D eigenvalue weighted by Gasteiger charge is -2.02. The van der Waals surface area contributed by atoms with E-state index < -0.39 is 0 Å². The quantitative estimate of drug-likeness (QED) is 0.701. The highest BCUT2D eigenvalue weighted by molar-refractivity contribution is 7.71. The van der Waals surface area contributed by atoms with Crippen molar-refractivity contribution in [3.05, 3.63) is 59.7 Å². The van der Waals surface area contributed by atoms with Gasteiger partial charge >= 0.3 is 0 Å². The van der Waals surface area contributed by atoms with Crippen LogP contribution in [0.1, 0.15) is 0 Å². The summed E-state index contributed by atoms with van der Waals surface area (Å²) >= 11 is 5.01. The van der Waals surface area contributed by atoms with Crippen LogP contribution in [0.5, 0.6) is 0 Å². The van der Waals surface area contributed by atoms with E-state index in [0.717, 1.165) is 22.6 Å². The summed E-state index contributed by atoms with van der Waals surface area (Å²) in [6.07, 6.45) is 3.37. The standard InChI is InChI=1S/C14H10N2OS/c18-14-15-8-7-12(16-14)10-3-5-11(6-4-10)13-2-1-9-17-13/h1-9H,(H,15,16,18). The Bertz CT molecular complexity index is 699. The van der Waals surface area contributed by atoms with E-state index in [-0.39, 0.29) is 0 Å². The lowest BCUT2D eigenvalue weighted by atomic mass is 10.1. The Hall–Kier alpha value is -2.20. The van der Waals surface area contributed by atoms with Crippen LogP contribution in [0.3, 0.4) is 0 Å². The van der Waals surface area contributed by atoms with Crippen molar-refractivity contribution in [1.82, 2.24) is 9.97 Å². The molecule has 4 heteroatoms. The van der Waals surface area contributed by atoms with Gasteiger partial charge < -0.3 is 9.40 Å². The summed E-state index contributed by atoms with van der Waals surface area (Å²) in [5.41, 5.74) is 3.08. The minimum Gasteiger partial charge on any atom is -0.464 e. The Kier molecular flexibility index (Phi) is 2.78. The van der Waals surface area contributed by atoms with Gasteiger partial charge in [-0.1, -0.05) is 24.3 Å². The summed E-state index contributed by atoms with van der Waals surface area (Å²) in [6.45, 7) is 0. The molecular formula is C14H10N2OS. The van der Waals surface area contributed by atoms with Gasteiger partial charge in [-0.2, -0.15) is 0 Å². The molecule has 1 aromatic carbocycles. The van der Waals surface area contributed by atoms with Crippen molar-refractivity contribution in [3.8, 4) is 22.6 Å². The molecule has 0 aliphatic heterocycles. The molecule has 0 bridgehead atoms. The molecule has 0 saturated heterocycles. The Morgan fingerprint density at radius 1 is 1.00 bits per heavy atom. The molecule has 0 fully saturated rings. The zero-order chi connectivity index (χ0) is 12.4. The van der Waals surface area contributed by atoms with Crippen molar-refractivity contribution >= 4 is 12.2 Å². The van der Waals surface area contributed by atoms with Crippen molar-refractivity contribution in [3.63, 3.8) is 0 Å². The highest BCUT2D eigenvalue weighted by atomic mass is 32.1. The third kappa shape index (κ3) is 2.10. The number of benzene rings is 1. The van der Waals surface area contributed by atoms with Crippen LogP contribution in [0.4, 0.5) is 0 Å². The first-order chi connectivity index (χ1) is 8.83. The maximum Gasteiger partial charge on any atom is 0.197 e. The predicted octanol–water partition coefficient (Wildman–Crippen LogP) is 4.07. The first-order valence-corrected chi connectivity index (χ1v) is 5.93. The normalized spacial score (nSPS) is 10.4. The monoisotopic (exact) mass is 254 g/mol. The van der Waals surface area contributed by atoms with Crippen molar-refractivity contribution in [2.45, 2.75) is 0 Å². The summed E-state index contributed by atoms with van der Waals surface area (Å²) in [7, 11) is 0. The first kappa shape index (κ1) is 10.9. The number of H-pyrrole nitrogens is 1. The Balaban J connectivity index is 1.99. The van der Waals surface area contributed by atoms with Gasteiger partial charge in [-0.05, 0) is 36.0 Å². The van der Waals surface area contributed by atoms with E-state index in [4.69, 9.17) is 16.6 Å². The second-order valence-electron chi connectivity index (χ2n) is 3.84. The number of furan rings is 1. The molecule has 3 nitrogen and oxygen atoms in total. The molecule has 3 rings (SSSR count). The minimum atomic E-state index is 0.489. The summed E-state index contributed by atoms with van der Waals surface area (Å²) in [6, 6.07) is 13.8. The van der Waals surface area contributed by atoms with Crippen LogP contribution in [0.2, 0.25) is 0 Å². The minimum absolute atomic E-state index is 0.489. The van der Waals surface area contributed by atoms with Crippen LogP contribution in [0, 0.1) is 4.77 Å². The van der Waals surface area contributed by atoms with Crippen molar-refractivity contribution < 1.29 is 4.42 Å². The van der Waals surface area contributed by atoms with Crippen LogP contribution in [-0.4, -0.2) is 9.97 Å². The molecule has 0 aliphatic carbocycles. The second-order valence-corrected chi connectivity index (χ2v) is 4.23. The predicted molar refractivity (Wildman–Crippen MR) is 72.6 cm³/mol. The zero-order valence-electron chi connectivity index (χ0n) is 9.46. The molecule has 1 N–H and O–H groups in total. The largest absolute Gasteiger partial charge is 0.464 e. The molecule has 0 atom stereocenters. The summed E-state index contributed by atoms with van der Waals surface area (Å²) in [4.78, 5) is 7.03. The molecule has 88 valence electrons.